The zero-order valence-corrected chi connectivity index (χ0v) is 16.3. The van der Waals surface area contributed by atoms with Crippen LogP contribution in [-0.4, -0.2) is 18.4 Å². The Labute approximate surface area is 151 Å². The number of aliphatic imine (C=N–C) groups is 1. The number of methoxy groups -OCH3 is 1. The Morgan fingerprint density at radius 3 is 1.96 bits per heavy atom. The van der Waals surface area contributed by atoms with Crippen molar-refractivity contribution in [2.45, 2.75) is 52.4 Å². The van der Waals surface area contributed by atoms with E-state index >= 15 is 0 Å². The zero-order valence-electron chi connectivity index (χ0n) is 16.3. The van der Waals surface area contributed by atoms with Crippen LogP contribution in [0.3, 0.4) is 0 Å². The zero-order chi connectivity index (χ0) is 18.8. The highest BCUT2D eigenvalue weighted by Gasteiger charge is 2.20. The van der Waals surface area contributed by atoms with Gasteiger partial charge >= 0.3 is 0 Å². The quantitative estimate of drug-likeness (QED) is 0.724. The van der Waals surface area contributed by atoms with Crippen LogP contribution in [0, 0.1) is 0 Å². The van der Waals surface area contributed by atoms with E-state index in [-0.39, 0.29) is 16.6 Å². The van der Waals surface area contributed by atoms with Gasteiger partial charge in [-0.2, -0.15) is 0 Å². The Morgan fingerprint density at radius 1 is 0.920 bits per heavy atom. The molecule has 0 spiro atoms. The van der Waals surface area contributed by atoms with Crippen LogP contribution in [0.2, 0.25) is 0 Å². The normalized spacial score (nSPS) is 12.6. The molecule has 3 heteroatoms. The molecule has 0 atom stereocenters. The van der Waals surface area contributed by atoms with Gasteiger partial charge in [0, 0.05) is 6.21 Å². The van der Waals surface area contributed by atoms with Crippen molar-refractivity contribution in [3.05, 3.63) is 53.1 Å². The summed E-state index contributed by atoms with van der Waals surface area (Å²) in [5.41, 5.74) is 4.04. The summed E-state index contributed by atoms with van der Waals surface area (Å²) in [6.45, 7) is 13.2. The first-order chi connectivity index (χ1) is 11.5. The van der Waals surface area contributed by atoms with E-state index in [1.165, 1.54) is 11.1 Å². The Morgan fingerprint density at radius 2 is 1.48 bits per heavy atom. The second kappa shape index (κ2) is 6.91. The van der Waals surface area contributed by atoms with E-state index in [0.29, 0.717) is 11.3 Å². The topological polar surface area (TPSA) is 41.8 Å². The Bertz CT molecular complexity index is 745. The van der Waals surface area contributed by atoms with Crippen molar-refractivity contribution in [2.75, 3.05) is 7.11 Å². The summed E-state index contributed by atoms with van der Waals surface area (Å²) >= 11 is 0. The maximum absolute atomic E-state index is 10.1. The smallest absolute Gasteiger partial charge is 0.131 e. The average molecular weight is 339 g/mol. The highest BCUT2D eigenvalue weighted by atomic mass is 16.5. The number of phenolic OH excluding ortho intramolecular Hbond substituents is 1. The fourth-order valence-electron chi connectivity index (χ4n) is 2.53. The molecular weight excluding hydrogens is 310 g/mol. The summed E-state index contributed by atoms with van der Waals surface area (Å²) in [6.07, 6.45) is 1.67. The molecule has 0 saturated heterocycles. The predicted octanol–water partition coefficient (Wildman–Crippen LogP) is 5.75. The van der Waals surface area contributed by atoms with Gasteiger partial charge in [0.15, 0.2) is 0 Å². The standard InChI is InChI=1S/C22H29NO2/c1-21(2,3)15-11-16(22(4,5)6)13-17(12-15)23-14-18-19(24)9-8-10-20(18)25-7/h8-14,24H,1-7H3. The van der Waals surface area contributed by atoms with E-state index in [4.69, 9.17) is 4.74 Å². The van der Waals surface area contributed by atoms with Crippen LogP contribution in [-0.2, 0) is 10.8 Å². The number of ether oxygens (including phenoxy) is 1. The van der Waals surface area contributed by atoms with E-state index in [9.17, 15) is 5.11 Å². The molecule has 2 rings (SSSR count). The van der Waals surface area contributed by atoms with Crippen molar-refractivity contribution in [1.82, 2.24) is 0 Å². The SMILES string of the molecule is COc1cccc(O)c1C=Nc1cc(C(C)(C)C)cc(C(C)(C)C)c1. The fraction of sp³-hybridized carbons (Fsp3) is 0.409. The van der Waals surface area contributed by atoms with Gasteiger partial charge in [-0.1, -0.05) is 53.7 Å². The predicted molar refractivity (Wildman–Crippen MR) is 106 cm³/mol. The largest absolute Gasteiger partial charge is 0.507 e. The monoisotopic (exact) mass is 339 g/mol. The molecule has 0 unspecified atom stereocenters. The lowest BCUT2D eigenvalue weighted by molar-refractivity contribution is 0.406. The highest BCUT2D eigenvalue weighted by Crippen LogP contribution is 2.33. The molecular formula is C22H29NO2. The van der Waals surface area contributed by atoms with Gasteiger partial charge in [-0.25, -0.2) is 0 Å². The van der Waals surface area contributed by atoms with Gasteiger partial charge < -0.3 is 9.84 Å². The molecule has 0 radical (unpaired) electrons. The molecule has 0 aromatic heterocycles. The van der Waals surface area contributed by atoms with Crippen LogP contribution in [0.15, 0.2) is 41.4 Å². The number of hydrogen-bond acceptors (Lipinski definition) is 3. The van der Waals surface area contributed by atoms with Gasteiger partial charge in [0.25, 0.3) is 0 Å². The Kier molecular flexibility index (Phi) is 5.26. The lowest BCUT2D eigenvalue weighted by atomic mass is 9.80. The van der Waals surface area contributed by atoms with Gasteiger partial charge in [0.05, 0.1) is 18.4 Å². The van der Waals surface area contributed by atoms with Crippen molar-refractivity contribution in [3.8, 4) is 11.5 Å². The molecule has 0 heterocycles. The lowest BCUT2D eigenvalue weighted by Crippen LogP contribution is -2.16. The van der Waals surface area contributed by atoms with E-state index in [1.807, 2.05) is 6.07 Å². The van der Waals surface area contributed by atoms with Crippen molar-refractivity contribution >= 4 is 11.9 Å². The summed E-state index contributed by atoms with van der Waals surface area (Å²) < 4.78 is 5.32. The number of hydrogen-bond donors (Lipinski definition) is 1. The van der Waals surface area contributed by atoms with Crippen LogP contribution in [0.5, 0.6) is 11.5 Å². The van der Waals surface area contributed by atoms with Crippen molar-refractivity contribution in [2.24, 2.45) is 4.99 Å². The minimum absolute atomic E-state index is 0.0398. The van der Waals surface area contributed by atoms with Gasteiger partial charge in [-0.05, 0) is 46.2 Å². The minimum atomic E-state index is 0.0398. The summed E-state index contributed by atoms with van der Waals surface area (Å²) in [4.78, 5) is 4.63. The number of aromatic hydroxyl groups is 1. The van der Waals surface area contributed by atoms with Gasteiger partial charge in [0.2, 0.25) is 0 Å². The second-order valence-corrected chi connectivity index (χ2v) is 8.42. The van der Waals surface area contributed by atoms with Gasteiger partial charge in [0.1, 0.15) is 11.5 Å². The first kappa shape index (κ1) is 19.0. The molecule has 1 N–H and O–H groups in total. The molecule has 2 aromatic rings. The van der Waals surface area contributed by atoms with E-state index in [1.54, 1.807) is 25.5 Å². The summed E-state index contributed by atoms with van der Waals surface area (Å²) in [5.74, 6) is 0.762. The molecule has 0 fully saturated rings. The number of benzene rings is 2. The van der Waals surface area contributed by atoms with E-state index in [2.05, 4.69) is 64.7 Å². The second-order valence-electron chi connectivity index (χ2n) is 8.42. The van der Waals surface area contributed by atoms with Crippen LogP contribution < -0.4 is 4.74 Å². The van der Waals surface area contributed by atoms with Gasteiger partial charge in [-0.15, -0.1) is 0 Å². The van der Waals surface area contributed by atoms with E-state index in [0.717, 1.165) is 5.69 Å². The third-order valence-electron chi connectivity index (χ3n) is 4.26. The lowest BCUT2D eigenvalue weighted by Gasteiger charge is -2.25. The number of nitrogens with zero attached hydrogens (tertiary/aromatic N) is 1. The number of phenols is 1. The minimum Gasteiger partial charge on any atom is -0.507 e. The molecule has 0 aliphatic heterocycles. The maximum Gasteiger partial charge on any atom is 0.131 e. The summed E-state index contributed by atoms with van der Waals surface area (Å²) in [7, 11) is 1.59. The van der Waals surface area contributed by atoms with Crippen molar-refractivity contribution in [3.63, 3.8) is 0 Å². The molecule has 0 saturated carbocycles. The average Bonchev–Trinajstić information content (AvgIpc) is 2.51. The maximum atomic E-state index is 10.1. The molecule has 3 nitrogen and oxygen atoms in total. The van der Waals surface area contributed by atoms with Crippen LogP contribution in [0.1, 0.15) is 58.2 Å². The van der Waals surface area contributed by atoms with Gasteiger partial charge in [-0.3, -0.25) is 4.99 Å². The van der Waals surface area contributed by atoms with Crippen molar-refractivity contribution < 1.29 is 9.84 Å². The first-order valence-electron chi connectivity index (χ1n) is 8.58. The summed E-state index contributed by atoms with van der Waals surface area (Å²) in [5, 5.41) is 10.1. The first-order valence-corrected chi connectivity index (χ1v) is 8.58. The van der Waals surface area contributed by atoms with Crippen LogP contribution in [0.25, 0.3) is 0 Å². The van der Waals surface area contributed by atoms with Crippen molar-refractivity contribution in [1.29, 1.82) is 0 Å². The molecule has 134 valence electrons. The summed E-state index contributed by atoms with van der Waals surface area (Å²) in [6, 6.07) is 11.7. The Hall–Kier alpha value is -2.29. The van der Waals surface area contributed by atoms with Crippen LogP contribution in [0.4, 0.5) is 5.69 Å². The molecule has 0 aliphatic rings. The fourth-order valence-corrected chi connectivity index (χ4v) is 2.53. The molecule has 2 aromatic carbocycles. The molecule has 0 amide bonds. The van der Waals surface area contributed by atoms with E-state index < -0.39 is 0 Å². The molecule has 0 aliphatic carbocycles. The highest BCUT2D eigenvalue weighted by molar-refractivity contribution is 5.89. The number of rotatable bonds is 3. The van der Waals surface area contributed by atoms with Crippen LogP contribution >= 0.6 is 0 Å². The third-order valence-corrected chi connectivity index (χ3v) is 4.26. The Balaban J connectivity index is 2.53. The third kappa shape index (κ3) is 4.62. The molecule has 0 bridgehead atoms. The molecule has 25 heavy (non-hydrogen) atoms.